The van der Waals surface area contributed by atoms with E-state index < -0.39 is 10.0 Å². The van der Waals surface area contributed by atoms with Gasteiger partial charge in [-0.05, 0) is 50.5 Å². The zero-order valence-corrected chi connectivity index (χ0v) is 20.4. The normalized spacial score (nSPS) is 15.0. The van der Waals surface area contributed by atoms with Crippen molar-refractivity contribution in [3.8, 4) is 0 Å². The summed E-state index contributed by atoms with van der Waals surface area (Å²) < 4.78 is 32.5. The summed E-state index contributed by atoms with van der Waals surface area (Å²) in [5, 5.41) is 1.58. The van der Waals surface area contributed by atoms with E-state index in [2.05, 4.69) is 4.98 Å². The van der Waals surface area contributed by atoms with Gasteiger partial charge in [-0.1, -0.05) is 24.6 Å². The zero-order valence-electron chi connectivity index (χ0n) is 18.8. The Morgan fingerprint density at radius 1 is 1.12 bits per heavy atom. The molecule has 2 aromatic heterocycles. The fraction of sp³-hybridized carbons (Fsp3) is 0.375. The Bertz CT molecular complexity index is 1250. The van der Waals surface area contributed by atoms with Crippen LogP contribution in [0.4, 0.5) is 0 Å². The molecule has 1 fully saturated rings. The highest BCUT2D eigenvalue weighted by Gasteiger charge is 2.26. The van der Waals surface area contributed by atoms with Gasteiger partial charge in [0, 0.05) is 30.4 Å². The quantitative estimate of drug-likeness (QED) is 0.357. The number of hydrogen-bond acceptors (Lipinski definition) is 7. The van der Waals surface area contributed by atoms with E-state index in [-0.39, 0.29) is 17.5 Å². The molecule has 0 N–H and O–H groups in total. The first-order chi connectivity index (χ1) is 15.9. The van der Waals surface area contributed by atoms with E-state index >= 15 is 0 Å². The Balaban J connectivity index is 1.57. The summed E-state index contributed by atoms with van der Waals surface area (Å²) in [7, 11) is -3.51. The molecule has 3 aromatic rings. The molecule has 0 unspecified atom stereocenters. The Morgan fingerprint density at radius 3 is 2.58 bits per heavy atom. The average molecular weight is 486 g/mol. The smallest absolute Gasteiger partial charge is 0.340 e. The second-order valence-electron chi connectivity index (χ2n) is 7.88. The highest BCUT2D eigenvalue weighted by atomic mass is 32.2. The number of aryl methyl sites for hydroxylation is 1. The second-order valence-corrected chi connectivity index (χ2v) is 10.8. The van der Waals surface area contributed by atoms with Gasteiger partial charge in [-0.2, -0.15) is 4.31 Å². The summed E-state index contributed by atoms with van der Waals surface area (Å²) in [4.78, 5) is 22.0. The van der Waals surface area contributed by atoms with Gasteiger partial charge in [0.25, 0.3) is 0 Å². The summed E-state index contributed by atoms with van der Waals surface area (Å²) >= 11 is 1.41. The number of hydrogen-bond donors (Lipinski definition) is 0. The van der Waals surface area contributed by atoms with Crippen LogP contribution in [0.25, 0.3) is 10.9 Å². The summed E-state index contributed by atoms with van der Waals surface area (Å²) in [6.45, 7) is 5.08. The molecule has 9 heteroatoms. The fourth-order valence-corrected chi connectivity index (χ4v) is 6.27. The van der Waals surface area contributed by atoms with Crippen molar-refractivity contribution in [3.05, 3.63) is 59.4 Å². The van der Waals surface area contributed by atoms with Gasteiger partial charge in [0.15, 0.2) is 0 Å². The number of nitrogens with zero attached hydrogens (tertiary/aromatic N) is 3. The van der Waals surface area contributed by atoms with Crippen molar-refractivity contribution in [3.63, 3.8) is 0 Å². The number of thioether (sulfide) groups is 1. The number of benzene rings is 1. The van der Waals surface area contributed by atoms with Crippen LogP contribution in [0.2, 0.25) is 0 Å². The van der Waals surface area contributed by atoms with E-state index in [1.165, 1.54) is 22.3 Å². The number of aromatic nitrogens is 2. The first-order valence-corrected chi connectivity index (χ1v) is 13.5. The Labute approximate surface area is 198 Å². The van der Waals surface area contributed by atoms with E-state index in [4.69, 9.17) is 9.72 Å². The van der Waals surface area contributed by atoms with Gasteiger partial charge in [0.2, 0.25) is 10.0 Å². The van der Waals surface area contributed by atoms with Gasteiger partial charge in [-0.3, -0.25) is 4.98 Å². The Kier molecular flexibility index (Phi) is 7.31. The summed E-state index contributed by atoms with van der Waals surface area (Å²) in [5.41, 5.74) is 2.76. The van der Waals surface area contributed by atoms with Crippen LogP contribution in [0.1, 0.15) is 47.8 Å². The number of esters is 1. The lowest BCUT2D eigenvalue weighted by molar-refractivity contribution is 0.0524. The molecule has 174 valence electrons. The predicted molar refractivity (Wildman–Crippen MR) is 129 cm³/mol. The number of ether oxygens (including phenoxy) is 1. The average Bonchev–Trinajstić information content (AvgIpc) is 2.84. The van der Waals surface area contributed by atoms with Gasteiger partial charge in [0.05, 0.1) is 28.4 Å². The minimum atomic E-state index is -3.51. The molecule has 1 aliphatic rings. The molecular formula is C24H27N3O4S2. The van der Waals surface area contributed by atoms with Gasteiger partial charge in [0.1, 0.15) is 4.90 Å². The number of carbonyl (C=O) groups is 1. The molecule has 1 saturated heterocycles. The minimum absolute atomic E-state index is 0.209. The molecule has 3 heterocycles. The SMILES string of the molecule is CCOC(=O)c1c(CSc2ccc(S(=O)(=O)N3CCCCC3)cn2)nc2ccccc2c1C. The summed E-state index contributed by atoms with van der Waals surface area (Å²) in [6.07, 6.45) is 4.26. The maximum atomic E-state index is 12.8. The maximum Gasteiger partial charge on any atom is 0.340 e. The van der Waals surface area contributed by atoms with Crippen molar-refractivity contribution in [2.45, 2.75) is 48.8 Å². The van der Waals surface area contributed by atoms with Crippen LogP contribution in [-0.2, 0) is 20.5 Å². The van der Waals surface area contributed by atoms with Gasteiger partial charge >= 0.3 is 5.97 Å². The molecule has 0 spiro atoms. The zero-order chi connectivity index (χ0) is 23.4. The first kappa shape index (κ1) is 23.7. The van der Waals surface area contributed by atoms with Crippen molar-refractivity contribution >= 4 is 38.7 Å². The van der Waals surface area contributed by atoms with Crippen molar-refractivity contribution in [1.29, 1.82) is 0 Å². The number of sulfonamides is 1. The van der Waals surface area contributed by atoms with Crippen LogP contribution in [0.5, 0.6) is 0 Å². The molecule has 7 nitrogen and oxygen atoms in total. The monoisotopic (exact) mass is 485 g/mol. The van der Waals surface area contributed by atoms with E-state index in [0.29, 0.717) is 35.1 Å². The fourth-order valence-electron chi connectivity index (χ4n) is 4.02. The molecule has 0 amide bonds. The van der Waals surface area contributed by atoms with Crippen molar-refractivity contribution in [2.24, 2.45) is 0 Å². The standard InChI is InChI=1S/C24H27N3O4S2/c1-3-31-24(28)23-17(2)19-9-5-6-10-20(19)26-21(23)16-32-22-12-11-18(15-25-22)33(29,30)27-13-7-4-8-14-27/h5-6,9-12,15H,3-4,7-8,13-14,16H2,1-2H3. The second kappa shape index (κ2) is 10.2. The highest BCUT2D eigenvalue weighted by Crippen LogP contribution is 2.29. The third-order valence-corrected chi connectivity index (χ3v) is 8.56. The number of pyridine rings is 2. The van der Waals surface area contributed by atoms with E-state index in [0.717, 1.165) is 35.7 Å². The van der Waals surface area contributed by atoms with Gasteiger partial charge < -0.3 is 4.74 Å². The van der Waals surface area contributed by atoms with Gasteiger partial charge in [-0.15, -0.1) is 11.8 Å². The third-order valence-electron chi connectivity index (χ3n) is 5.73. The van der Waals surface area contributed by atoms with Gasteiger partial charge in [-0.25, -0.2) is 18.2 Å². The maximum absolute atomic E-state index is 12.8. The Hall–Kier alpha value is -2.49. The highest BCUT2D eigenvalue weighted by molar-refractivity contribution is 7.98. The molecule has 0 radical (unpaired) electrons. The molecule has 1 aromatic carbocycles. The van der Waals surface area contributed by atoms with Crippen molar-refractivity contribution in [1.82, 2.24) is 14.3 Å². The number of piperidine rings is 1. The molecule has 4 rings (SSSR count). The Morgan fingerprint density at radius 2 is 1.88 bits per heavy atom. The molecule has 0 saturated carbocycles. The molecule has 1 aliphatic heterocycles. The van der Waals surface area contributed by atoms with E-state index in [1.807, 2.05) is 31.2 Å². The molecule has 0 atom stereocenters. The third kappa shape index (κ3) is 5.05. The number of carbonyl (C=O) groups excluding carboxylic acids is 1. The van der Waals surface area contributed by atoms with Crippen LogP contribution in [0.15, 0.2) is 52.5 Å². The number of para-hydroxylation sites is 1. The van der Waals surface area contributed by atoms with Crippen molar-refractivity contribution < 1.29 is 17.9 Å². The van der Waals surface area contributed by atoms with Crippen LogP contribution in [0, 0.1) is 6.92 Å². The number of fused-ring (bicyclic) bond motifs is 1. The van der Waals surface area contributed by atoms with Crippen LogP contribution in [-0.4, -0.2) is 48.4 Å². The lowest BCUT2D eigenvalue weighted by Gasteiger charge is -2.25. The predicted octanol–water partition coefficient (Wildman–Crippen LogP) is 4.58. The first-order valence-electron chi connectivity index (χ1n) is 11.1. The lowest BCUT2D eigenvalue weighted by Crippen LogP contribution is -2.35. The number of rotatable bonds is 7. The van der Waals surface area contributed by atoms with E-state index in [1.54, 1.807) is 19.1 Å². The van der Waals surface area contributed by atoms with Crippen molar-refractivity contribution in [2.75, 3.05) is 19.7 Å². The van der Waals surface area contributed by atoms with Crippen LogP contribution in [0.3, 0.4) is 0 Å². The summed E-state index contributed by atoms with van der Waals surface area (Å²) in [5.74, 6) is 0.0187. The minimum Gasteiger partial charge on any atom is -0.462 e. The topological polar surface area (TPSA) is 89.5 Å². The molecule has 0 bridgehead atoms. The molecule has 33 heavy (non-hydrogen) atoms. The van der Waals surface area contributed by atoms with E-state index in [9.17, 15) is 13.2 Å². The molecular weight excluding hydrogens is 458 g/mol. The van der Waals surface area contributed by atoms with Crippen LogP contribution < -0.4 is 0 Å². The summed E-state index contributed by atoms with van der Waals surface area (Å²) in [6, 6.07) is 11.0. The largest absolute Gasteiger partial charge is 0.462 e. The van der Waals surface area contributed by atoms with Crippen LogP contribution >= 0.6 is 11.8 Å². The molecule has 0 aliphatic carbocycles. The lowest BCUT2D eigenvalue weighted by atomic mass is 10.0.